The Morgan fingerprint density at radius 3 is 2.78 bits per heavy atom. The van der Waals surface area contributed by atoms with E-state index in [0.29, 0.717) is 23.3 Å². The van der Waals surface area contributed by atoms with Crippen LogP contribution in [0.3, 0.4) is 0 Å². The average Bonchev–Trinajstić information content (AvgIpc) is 2.94. The molecule has 0 radical (unpaired) electrons. The fourth-order valence-corrected chi connectivity index (χ4v) is 3.15. The smallest absolute Gasteiger partial charge is 0.240 e. The first kappa shape index (κ1) is 15.4. The van der Waals surface area contributed by atoms with Gasteiger partial charge >= 0.3 is 0 Å². The molecule has 2 heterocycles. The van der Waals surface area contributed by atoms with Gasteiger partial charge in [0.2, 0.25) is 10.0 Å². The molecule has 120 valence electrons. The molecule has 0 atom stereocenters. The van der Waals surface area contributed by atoms with Crippen LogP contribution in [-0.4, -0.2) is 25.7 Å². The van der Waals surface area contributed by atoms with Crippen molar-refractivity contribution in [3.05, 3.63) is 36.2 Å². The van der Waals surface area contributed by atoms with E-state index in [2.05, 4.69) is 10.1 Å². The highest BCUT2D eigenvalue weighted by Gasteiger charge is 2.21. The number of aryl methyl sites for hydroxylation is 1. The van der Waals surface area contributed by atoms with Gasteiger partial charge in [-0.15, -0.1) is 0 Å². The lowest BCUT2D eigenvalue weighted by Gasteiger charge is -2.11. The summed E-state index contributed by atoms with van der Waals surface area (Å²) in [6.07, 6.45) is 2.19. The summed E-state index contributed by atoms with van der Waals surface area (Å²) in [6.45, 7) is 1.96. The summed E-state index contributed by atoms with van der Waals surface area (Å²) < 4.78 is 34.3. The van der Waals surface area contributed by atoms with E-state index < -0.39 is 10.0 Å². The molecule has 0 fully saturated rings. The molecule has 0 unspecified atom stereocenters. The van der Waals surface area contributed by atoms with E-state index in [0.717, 1.165) is 11.1 Å². The van der Waals surface area contributed by atoms with E-state index in [-0.39, 0.29) is 10.6 Å². The van der Waals surface area contributed by atoms with Gasteiger partial charge in [0.25, 0.3) is 0 Å². The van der Waals surface area contributed by atoms with E-state index in [9.17, 15) is 8.42 Å². The van der Waals surface area contributed by atoms with Crippen molar-refractivity contribution < 1.29 is 17.7 Å². The van der Waals surface area contributed by atoms with Gasteiger partial charge in [0.1, 0.15) is 10.6 Å². The minimum absolute atomic E-state index is 0.0628. The molecule has 23 heavy (non-hydrogen) atoms. The maximum Gasteiger partial charge on any atom is 0.240 e. The normalized spacial score (nSPS) is 11.8. The topological polar surface area (TPSA) is 108 Å². The first-order chi connectivity index (χ1) is 11.0. The van der Waals surface area contributed by atoms with Crippen LogP contribution < -0.4 is 9.88 Å². The van der Waals surface area contributed by atoms with Crippen molar-refractivity contribution in [1.29, 1.82) is 0 Å². The van der Waals surface area contributed by atoms with Crippen molar-refractivity contribution in [2.24, 2.45) is 5.14 Å². The lowest BCUT2D eigenvalue weighted by atomic mass is 10.1. The first-order valence-electron chi connectivity index (χ1n) is 6.90. The van der Waals surface area contributed by atoms with Gasteiger partial charge in [-0.1, -0.05) is 12.1 Å². The van der Waals surface area contributed by atoms with Gasteiger partial charge in [0, 0.05) is 23.2 Å². The van der Waals surface area contributed by atoms with Crippen LogP contribution in [0.15, 0.2) is 39.9 Å². The second-order valence-electron chi connectivity index (χ2n) is 4.93. The van der Waals surface area contributed by atoms with Crippen LogP contribution in [0, 0.1) is 0 Å². The Bertz CT molecular complexity index is 980. The van der Waals surface area contributed by atoms with Crippen molar-refractivity contribution in [2.75, 3.05) is 7.11 Å². The fourth-order valence-electron chi connectivity index (χ4n) is 2.45. The van der Waals surface area contributed by atoms with Gasteiger partial charge in [0.05, 0.1) is 18.5 Å². The first-order valence-corrected chi connectivity index (χ1v) is 8.44. The molecule has 0 aliphatic rings. The number of benzene rings is 1. The molecular formula is C15H15N3O4S. The second kappa shape index (κ2) is 5.64. The summed E-state index contributed by atoms with van der Waals surface area (Å²) in [5, 5.41) is 10.1. The zero-order chi connectivity index (χ0) is 16.6. The summed E-state index contributed by atoms with van der Waals surface area (Å²) in [6, 6.07) is 6.36. The molecule has 8 heteroatoms. The van der Waals surface area contributed by atoms with Crippen LogP contribution in [0.25, 0.3) is 22.2 Å². The molecule has 0 aliphatic heterocycles. The zero-order valence-corrected chi connectivity index (χ0v) is 13.4. The number of hydrogen-bond acceptors (Lipinski definition) is 6. The van der Waals surface area contributed by atoms with Crippen molar-refractivity contribution in [2.45, 2.75) is 18.2 Å². The Morgan fingerprint density at radius 2 is 2.13 bits per heavy atom. The quantitative estimate of drug-likeness (QED) is 0.783. The molecular weight excluding hydrogens is 318 g/mol. The number of aromatic nitrogens is 2. The van der Waals surface area contributed by atoms with Crippen molar-refractivity contribution in [3.8, 4) is 17.0 Å². The number of fused-ring (bicyclic) bond motifs is 1. The molecule has 0 spiro atoms. The number of rotatable bonds is 4. The third-order valence-electron chi connectivity index (χ3n) is 3.53. The van der Waals surface area contributed by atoms with Gasteiger partial charge in [-0.2, -0.15) is 0 Å². The summed E-state index contributed by atoms with van der Waals surface area (Å²) in [5.74, 6) is 0.430. The summed E-state index contributed by atoms with van der Waals surface area (Å²) >= 11 is 0. The lowest BCUT2D eigenvalue weighted by molar-refractivity contribution is 0.412. The van der Waals surface area contributed by atoms with Gasteiger partial charge in [0.15, 0.2) is 5.58 Å². The monoisotopic (exact) mass is 333 g/mol. The third-order valence-corrected chi connectivity index (χ3v) is 4.48. The number of sulfonamides is 1. The standard InChI is InChI=1S/C15H15N3O4S/c1-3-11-9-7-10(12(21-2)8-13(9)22-18-11)15-14(23(16,19)20)5-4-6-17-15/h4-8H,3H2,1-2H3,(H2,16,19,20). The number of primary sulfonamides is 1. The van der Waals surface area contributed by atoms with Crippen LogP contribution in [0.2, 0.25) is 0 Å². The predicted molar refractivity (Wildman–Crippen MR) is 84.5 cm³/mol. The molecule has 0 aliphatic carbocycles. The highest BCUT2D eigenvalue weighted by Crippen LogP contribution is 2.36. The van der Waals surface area contributed by atoms with Crippen LogP contribution in [-0.2, 0) is 16.4 Å². The zero-order valence-electron chi connectivity index (χ0n) is 12.6. The summed E-state index contributed by atoms with van der Waals surface area (Å²) in [4.78, 5) is 4.12. The number of ether oxygens (including phenoxy) is 1. The third kappa shape index (κ3) is 2.66. The van der Waals surface area contributed by atoms with Crippen molar-refractivity contribution in [3.63, 3.8) is 0 Å². The number of nitrogens with zero attached hydrogens (tertiary/aromatic N) is 2. The molecule has 0 bridgehead atoms. The Balaban J connectivity index is 2.36. The van der Waals surface area contributed by atoms with E-state index >= 15 is 0 Å². The molecule has 2 N–H and O–H groups in total. The van der Waals surface area contributed by atoms with Crippen LogP contribution in [0.4, 0.5) is 0 Å². The van der Waals surface area contributed by atoms with Gasteiger partial charge in [-0.25, -0.2) is 13.6 Å². The largest absolute Gasteiger partial charge is 0.496 e. The average molecular weight is 333 g/mol. The Labute approximate surface area is 133 Å². The molecule has 3 rings (SSSR count). The fraction of sp³-hybridized carbons (Fsp3) is 0.200. The number of nitrogens with two attached hydrogens (primary N) is 1. The Morgan fingerprint density at radius 1 is 1.35 bits per heavy atom. The number of pyridine rings is 1. The van der Waals surface area contributed by atoms with E-state index in [1.807, 2.05) is 6.92 Å². The highest BCUT2D eigenvalue weighted by molar-refractivity contribution is 7.89. The predicted octanol–water partition coefficient (Wildman–Crippen LogP) is 2.11. The van der Waals surface area contributed by atoms with Crippen molar-refractivity contribution in [1.82, 2.24) is 10.1 Å². The molecule has 0 saturated heterocycles. The summed E-state index contributed by atoms with van der Waals surface area (Å²) in [7, 11) is -2.43. The molecule has 0 saturated carbocycles. The van der Waals surface area contributed by atoms with Gasteiger partial charge in [-0.3, -0.25) is 4.98 Å². The van der Waals surface area contributed by atoms with E-state index in [1.54, 1.807) is 12.1 Å². The van der Waals surface area contributed by atoms with Crippen LogP contribution in [0.5, 0.6) is 5.75 Å². The van der Waals surface area contributed by atoms with Gasteiger partial charge < -0.3 is 9.26 Å². The Hall–Kier alpha value is -2.45. The molecule has 3 aromatic rings. The Kier molecular flexibility index (Phi) is 3.78. The maximum absolute atomic E-state index is 11.8. The van der Waals surface area contributed by atoms with E-state index in [4.69, 9.17) is 14.4 Å². The summed E-state index contributed by atoms with van der Waals surface area (Å²) in [5.41, 5.74) is 2.09. The van der Waals surface area contributed by atoms with Crippen LogP contribution >= 0.6 is 0 Å². The molecule has 0 amide bonds. The van der Waals surface area contributed by atoms with E-state index in [1.165, 1.54) is 25.4 Å². The SMILES string of the molecule is CCc1noc2cc(OC)c(-c3ncccc3S(N)(=O)=O)cc12. The second-order valence-corrected chi connectivity index (χ2v) is 6.46. The lowest BCUT2D eigenvalue weighted by Crippen LogP contribution is -2.14. The maximum atomic E-state index is 11.8. The van der Waals surface area contributed by atoms with Crippen molar-refractivity contribution >= 4 is 21.0 Å². The highest BCUT2D eigenvalue weighted by atomic mass is 32.2. The number of methoxy groups -OCH3 is 1. The number of hydrogen-bond donors (Lipinski definition) is 1. The minimum Gasteiger partial charge on any atom is -0.496 e. The van der Waals surface area contributed by atoms with Crippen LogP contribution in [0.1, 0.15) is 12.6 Å². The molecule has 7 nitrogen and oxygen atoms in total. The molecule has 1 aromatic carbocycles. The minimum atomic E-state index is -3.92. The van der Waals surface area contributed by atoms with Gasteiger partial charge in [-0.05, 0) is 24.6 Å². The molecule has 2 aromatic heterocycles.